The van der Waals surface area contributed by atoms with E-state index in [4.69, 9.17) is 16.3 Å². The van der Waals surface area contributed by atoms with E-state index in [1.54, 1.807) is 30.3 Å². The summed E-state index contributed by atoms with van der Waals surface area (Å²) in [6.45, 7) is 0.319. The average Bonchev–Trinajstić information content (AvgIpc) is 3.23. The van der Waals surface area contributed by atoms with Crippen molar-refractivity contribution in [2.45, 2.75) is 12.8 Å². The summed E-state index contributed by atoms with van der Waals surface area (Å²) in [7, 11) is 1.54. The number of nitrogens with zero attached hydrogens (tertiary/aromatic N) is 3. The molecule has 0 saturated carbocycles. The molecule has 6 nitrogen and oxygen atoms in total. The number of benzene rings is 2. The van der Waals surface area contributed by atoms with Gasteiger partial charge < -0.3 is 10.1 Å². The summed E-state index contributed by atoms with van der Waals surface area (Å²) in [5.74, 6) is 0.179. The molecule has 0 aliphatic heterocycles. The standard InChI is InChI=1S/C23H19ClF2N4O2/c1-32-16-8-6-15(7-9-16)19-12-20(21(25)26)30-22(29-19)17(13-28-30)23(31)27-11-10-14-4-2-3-5-18(14)24/h2-9,12-13,21H,10-11H2,1H3,(H,27,31). The number of halogens is 3. The summed E-state index contributed by atoms with van der Waals surface area (Å²) in [5, 5.41) is 7.37. The smallest absolute Gasteiger partial charge is 0.280 e. The maximum absolute atomic E-state index is 13.7. The maximum Gasteiger partial charge on any atom is 0.280 e. The topological polar surface area (TPSA) is 68.5 Å². The van der Waals surface area contributed by atoms with Crippen LogP contribution < -0.4 is 10.1 Å². The van der Waals surface area contributed by atoms with Gasteiger partial charge in [-0.3, -0.25) is 4.79 Å². The number of hydrogen-bond acceptors (Lipinski definition) is 4. The van der Waals surface area contributed by atoms with Gasteiger partial charge in [0.15, 0.2) is 5.65 Å². The number of ether oxygens (including phenoxy) is 1. The first-order valence-electron chi connectivity index (χ1n) is 9.81. The van der Waals surface area contributed by atoms with Crippen molar-refractivity contribution in [2.24, 2.45) is 0 Å². The summed E-state index contributed by atoms with van der Waals surface area (Å²) in [6, 6.07) is 15.5. The monoisotopic (exact) mass is 456 g/mol. The van der Waals surface area contributed by atoms with Crippen LogP contribution in [0.15, 0.2) is 60.8 Å². The van der Waals surface area contributed by atoms with E-state index < -0.39 is 12.3 Å². The lowest BCUT2D eigenvalue weighted by Crippen LogP contribution is -2.25. The Hall–Kier alpha value is -3.52. The minimum Gasteiger partial charge on any atom is -0.497 e. The molecule has 2 aromatic heterocycles. The van der Waals surface area contributed by atoms with Gasteiger partial charge in [-0.2, -0.15) is 5.10 Å². The predicted molar refractivity (Wildman–Crippen MR) is 117 cm³/mol. The average molecular weight is 457 g/mol. The second kappa shape index (κ2) is 9.32. The normalized spacial score (nSPS) is 11.2. The Morgan fingerprint density at radius 3 is 2.62 bits per heavy atom. The van der Waals surface area contributed by atoms with Crippen LogP contribution in [0.25, 0.3) is 16.9 Å². The van der Waals surface area contributed by atoms with E-state index in [2.05, 4.69) is 15.4 Å². The van der Waals surface area contributed by atoms with E-state index in [0.717, 1.165) is 10.1 Å². The van der Waals surface area contributed by atoms with Gasteiger partial charge in [-0.1, -0.05) is 29.8 Å². The van der Waals surface area contributed by atoms with Crippen molar-refractivity contribution < 1.29 is 18.3 Å². The van der Waals surface area contributed by atoms with Crippen LogP contribution in [0, 0.1) is 0 Å². The van der Waals surface area contributed by atoms with Gasteiger partial charge in [-0.15, -0.1) is 0 Å². The molecule has 2 aromatic carbocycles. The first-order chi connectivity index (χ1) is 15.5. The third kappa shape index (κ3) is 4.40. The minimum atomic E-state index is -2.80. The van der Waals surface area contributed by atoms with Crippen molar-refractivity contribution in [1.29, 1.82) is 0 Å². The zero-order valence-electron chi connectivity index (χ0n) is 17.1. The molecule has 0 bridgehead atoms. The van der Waals surface area contributed by atoms with Gasteiger partial charge in [-0.25, -0.2) is 18.3 Å². The molecule has 0 aliphatic carbocycles. The SMILES string of the molecule is COc1ccc(-c2cc(C(F)F)n3ncc(C(=O)NCCc4ccccc4Cl)c3n2)cc1. The summed E-state index contributed by atoms with van der Waals surface area (Å²) >= 11 is 6.14. The number of aromatic nitrogens is 3. The summed E-state index contributed by atoms with van der Waals surface area (Å²) in [6.07, 6.45) is -1.03. The molecule has 0 fully saturated rings. The van der Waals surface area contributed by atoms with Crippen LogP contribution in [0.3, 0.4) is 0 Å². The molecular weight excluding hydrogens is 438 g/mol. The zero-order chi connectivity index (χ0) is 22.7. The fraction of sp³-hybridized carbons (Fsp3) is 0.174. The second-order valence-electron chi connectivity index (χ2n) is 6.99. The number of rotatable bonds is 7. The van der Waals surface area contributed by atoms with E-state index in [1.807, 2.05) is 18.2 Å². The molecular formula is C23H19ClF2N4O2. The molecule has 1 N–H and O–H groups in total. The highest BCUT2D eigenvalue weighted by Crippen LogP contribution is 2.28. The molecule has 0 atom stereocenters. The van der Waals surface area contributed by atoms with Crippen LogP contribution in [0.5, 0.6) is 5.75 Å². The highest BCUT2D eigenvalue weighted by Gasteiger charge is 2.21. The van der Waals surface area contributed by atoms with E-state index >= 15 is 0 Å². The third-order valence-electron chi connectivity index (χ3n) is 4.99. The molecule has 4 rings (SSSR count). The van der Waals surface area contributed by atoms with Crippen molar-refractivity contribution in [3.8, 4) is 17.0 Å². The molecule has 0 unspecified atom stereocenters. The first-order valence-corrected chi connectivity index (χ1v) is 10.2. The van der Waals surface area contributed by atoms with Crippen molar-refractivity contribution in [3.05, 3.63) is 82.6 Å². The van der Waals surface area contributed by atoms with Gasteiger partial charge in [0, 0.05) is 17.1 Å². The van der Waals surface area contributed by atoms with Crippen LogP contribution >= 0.6 is 11.6 Å². The summed E-state index contributed by atoms with van der Waals surface area (Å²) < 4.78 is 33.6. The number of amides is 1. The van der Waals surface area contributed by atoms with Crippen LogP contribution in [-0.2, 0) is 6.42 Å². The van der Waals surface area contributed by atoms with Crippen LogP contribution in [0.2, 0.25) is 5.02 Å². The molecule has 32 heavy (non-hydrogen) atoms. The van der Waals surface area contributed by atoms with E-state index in [9.17, 15) is 13.6 Å². The number of nitrogens with one attached hydrogen (secondary N) is 1. The first kappa shape index (κ1) is 21.7. The number of hydrogen-bond donors (Lipinski definition) is 1. The van der Waals surface area contributed by atoms with Crippen molar-refractivity contribution in [2.75, 3.05) is 13.7 Å². The number of methoxy groups -OCH3 is 1. The minimum absolute atomic E-state index is 0.0591. The van der Waals surface area contributed by atoms with Crippen LogP contribution in [0.4, 0.5) is 8.78 Å². The Kier molecular flexibility index (Phi) is 6.32. The van der Waals surface area contributed by atoms with Gasteiger partial charge >= 0.3 is 0 Å². The lowest BCUT2D eigenvalue weighted by molar-refractivity contribution is 0.0955. The Morgan fingerprint density at radius 2 is 1.94 bits per heavy atom. The molecule has 4 aromatic rings. The van der Waals surface area contributed by atoms with E-state index in [-0.39, 0.29) is 16.9 Å². The van der Waals surface area contributed by atoms with Crippen LogP contribution in [0.1, 0.15) is 28.0 Å². The Bertz CT molecular complexity index is 1260. The fourth-order valence-corrected chi connectivity index (χ4v) is 3.55. The van der Waals surface area contributed by atoms with E-state index in [0.29, 0.717) is 35.0 Å². The zero-order valence-corrected chi connectivity index (χ0v) is 17.8. The molecule has 2 heterocycles. The van der Waals surface area contributed by atoms with Crippen molar-refractivity contribution >= 4 is 23.2 Å². The van der Waals surface area contributed by atoms with Crippen LogP contribution in [-0.4, -0.2) is 34.2 Å². The largest absolute Gasteiger partial charge is 0.497 e. The van der Waals surface area contributed by atoms with Gasteiger partial charge in [0.1, 0.15) is 17.0 Å². The Morgan fingerprint density at radius 1 is 1.19 bits per heavy atom. The lowest BCUT2D eigenvalue weighted by atomic mass is 10.1. The Labute approximate surface area is 187 Å². The van der Waals surface area contributed by atoms with E-state index in [1.165, 1.54) is 19.4 Å². The molecule has 1 amide bonds. The number of fused-ring (bicyclic) bond motifs is 1. The summed E-state index contributed by atoms with van der Waals surface area (Å²) in [4.78, 5) is 17.2. The lowest BCUT2D eigenvalue weighted by Gasteiger charge is -2.09. The predicted octanol–water partition coefficient (Wildman–Crippen LogP) is 4.97. The highest BCUT2D eigenvalue weighted by atomic mass is 35.5. The molecule has 9 heteroatoms. The Balaban J connectivity index is 1.63. The van der Waals surface area contributed by atoms with Crippen molar-refractivity contribution in [1.82, 2.24) is 19.9 Å². The highest BCUT2D eigenvalue weighted by molar-refractivity contribution is 6.31. The van der Waals surface area contributed by atoms with Crippen molar-refractivity contribution in [3.63, 3.8) is 0 Å². The number of carbonyl (C=O) groups excluding carboxylic acids is 1. The molecule has 0 radical (unpaired) electrons. The second-order valence-corrected chi connectivity index (χ2v) is 7.39. The van der Waals surface area contributed by atoms with Gasteiger partial charge in [-0.05, 0) is 48.4 Å². The molecule has 0 aliphatic rings. The molecule has 0 saturated heterocycles. The maximum atomic E-state index is 13.7. The van der Waals surface area contributed by atoms with Gasteiger partial charge in [0.25, 0.3) is 12.3 Å². The summed E-state index contributed by atoms with van der Waals surface area (Å²) in [5.41, 5.74) is 1.64. The quantitative estimate of drug-likeness (QED) is 0.426. The fourth-order valence-electron chi connectivity index (χ4n) is 3.32. The van der Waals surface area contributed by atoms with Gasteiger partial charge in [0.2, 0.25) is 0 Å². The number of carbonyl (C=O) groups is 1. The molecule has 164 valence electrons. The molecule has 0 spiro atoms. The number of alkyl halides is 2. The third-order valence-corrected chi connectivity index (χ3v) is 5.36. The van der Waals surface area contributed by atoms with Gasteiger partial charge in [0.05, 0.1) is 19.0 Å².